The molecule has 0 aliphatic rings. The molecular weight excluding hydrogens is 397 g/mol. The predicted octanol–water partition coefficient (Wildman–Crippen LogP) is 4.17. The van der Waals surface area contributed by atoms with Crippen molar-refractivity contribution >= 4 is 29.3 Å². The number of carbonyl (C=O) groups excluding carboxylic acids is 2. The molecule has 150 valence electrons. The molecule has 0 spiro atoms. The number of aromatic nitrogens is 2. The number of rotatable bonds is 7. The van der Waals surface area contributed by atoms with Crippen LogP contribution < -0.4 is 5.32 Å². The van der Waals surface area contributed by atoms with Crippen molar-refractivity contribution in [2.75, 3.05) is 11.1 Å². The number of hydrogen-bond donors (Lipinski definition) is 1. The van der Waals surface area contributed by atoms with Gasteiger partial charge in [0.05, 0.1) is 17.4 Å². The van der Waals surface area contributed by atoms with Gasteiger partial charge in [-0.25, -0.2) is 9.18 Å². The Labute approximate surface area is 170 Å². The van der Waals surface area contributed by atoms with Gasteiger partial charge in [-0.3, -0.25) is 4.79 Å². The molecule has 1 aromatic heterocycles. The fraction of sp³-hybridized carbons (Fsp3) is 0.200. The van der Waals surface area contributed by atoms with E-state index in [1.54, 1.807) is 38.1 Å². The highest BCUT2D eigenvalue weighted by atomic mass is 32.2. The van der Waals surface area contributed by atoms with E-state index in [1.807, 2.05) is 0 Å². The summed E-state index contributed by atoms with van der Waals surface area (Å²) in [4.78, 5) is 24.1. The van der Waals surface area contributed by atoms with E-state index in [9.17, 15) is 14.0 Å². The maximum atomic E-state index is 13.0. The molecule has 1 heterocycles. The largest absolute Gasteiger partial charge is 0.459 e. The van der Waals surface area contributed by atoms with Gasteiger partial charge in [0, 0.05) is 11.3 Å². The summed E-state index contributed by atoms with van der Waals surface area (Å²) in [7, 11) is 0. The van der Waals surface area contributed by atoms with Crippen LogP contribution in [0.3, 0.4) is 0 Å². The average Bonchev–Trinajstić information content (AvgIpc) is 3.16. The summed E-state index contributed by atoms with van der Waals surface area (Å²) >= 11 is 1.07. The third-order valence-electron chi connectivity index (χ3n) is 3.55. The van der Waals surface area contributed by atoms with Crippen LogP contribution in [-0.4, -0.2) is 33.9 Å². The van der Waals surface area contributed by atoms with Gasteiger partial charge in [0.2, 0.25) is 11.8 Å². The Bertz CT molecular complexity index is 1000. The highest BCUT2D eigenvalue weighted by molar-refractivity contribution is 7.99. The second kappa shape index (κ2) is 9.33. The SMILES string of the molecule is CC(C)OC(=O)c1cccc(NC(=O)CSc2nnc(-c3ccc(F)cc3)o2)c1. The van der Waals surface area contributed by atoms with Gasteiger partial charge < -0.3 is 14.5 Å². The van der Waals surface area contributed by atoms with Crippen molar-refractivity contribution < 1.29 is 23.1 Å². The van der Waals surface area contributed by atoms with Crippen LogP contribution in [0.25, 0.3) is 11.5 Å². The normalized spacial score (nSPS) is 10.8. The van der Waals surface area contributed by atoms with Gasteiger partial charge in [0.25, 0.3) is 5.22 Å². The molecule has 0 radical (unpaired) electrons. The highest BCUT2D eigenvalue weighted by Gasteiger charge is 2.13. The Morgan fingerprint density at radius 2 is 1.93 bits per heavy atom. The lowest BCUT2D eigenvalue weighted by Crippen LogP contribution is -2.15. The van der Waals surface area contributed by atoms with E-state index in [0.29, 0.717) is 16.8 Å². The van der Waals surface area contributed by atoms with Crippen LogP contribution >= 0.6 is 11.8 Å². The smallest absolute Gasteiger partial charge is 0.338 e. The minimum Gasteiger partial charge on any atom is -0.459 e. The zero-order valence-electron chi connectivity index (χ0n) is 15.7. The molecule has 9 heteroatoms. The van der Waals surface area contributed by atoms with Crippen molar-refractivity contribution in [3.05, 3.63) is 59.9 Å². The molecule has 1 amide bonds. The first kappa shape index (κ1) is 20.5. The lowest BCUT2D eigenvalue weighted by molar-refractivity contribution is -0.113. The number of carbonyl (C=O) groups is 2. The van der Waals surface area contributed by atoms with Crippen molar-refractivity contribution in [2.45, 2.75) is 25.2 Å². The van der Waals surface area contributed by atoms with E-state index in [-0.39, 0.29) is 34.7 Å². The van der Waals surface area contributed by atoms with Crippen molar-refractivity contribution in [3.63, 3.8) is 0 Å². The molecule has 0 aliphatic heterocycles. The number of thioether (sulfide) groups is 1. The molecule has 2 aromatic carbocycles. The van der Waals surface area contributed by atoms with E-state index in [0.717, 1.165) is 11.8 Å². The monoisotopic (exact) mass is 415 g/mol. The molecule has 29 heavy (non-hydrogen) atoms. The number of ether oxygens (including phenoxy) is 1. The third-order valence-corrected chi connectivity index (χ3v) is 4.37. The predicted molar refractivity (Wildman–Crippen MR) is 106 cm³/mol. The second-order valence-corrected chi connectivity index (χ2v) is 7.18. The summed E-state index contributed by atoms with van der Waals surface area (Å²) in [5.41, 5.74) is 1.41. The van der Waals surface area contributed by atoms with Gasteiger partial charge in [-0.2, -0.15) is 0 Å². The van der Waals surface area contributed by atoms with E-state index >= 15 is 0 Å². The van der Waals surface area contributed by atoms with Crippen LogP contribution in [-0.2, 0) is 9.53 Å². The standard InChI is InChI=1S/C20H18FN3O4S/c1-12(2)27-19(26)14-4-3-5-16(10-14)22-17(25)11-29-20-24-23-18(28-20)13-6-8-15(21)9-7-13/h3-10,12H,11H2,1-2H3,(H,22,25). The number of nitrogens with one attached hydrogen (secondary N) is 1. The average molecular weight is 415 g/mol. The summed E-state index contributed by atoms with van der Waals surface area (Å²) in [6, 6.07) is 12.1. The van der Waals surface area contributed by atoms with Crippen LogP contribution in [0.4, 0.5) is 10.1 Å². The number of amides is 1. The van der Waals surface area contributed by atoms with Gasteiger partial charge in [0.1, 0.15) is 5.82 Å². The minimum absolute atomic E-state index is 0.0335. The van der Waals surface area contributed by atoms with Gasteiger partial charge >= 0.3 is 5.97 Å². The quantitative estimate of drug-likeness (QED) is 0.457. The topological polar surface area (TPSA) is 94.3 Å². The van der Waals surface area contributed by atoms with Crippen molar-refractivity contribution in [2.24, 2.45) is 0 Å². The molecule has 0 fully saturated rings. The summed E-state index contributed by atoms with van der Waals surface area (Å²) in [5, 5.41) is 10.7. The Kier molecular flexibility index (Phi) is 6.61. The second-order valence-electron chi connectivity index (χ2n) is 6.25. The van der Waals surface area contributed by atoms with E-state index in [1.165, 1.54) is 24.3 Å². The first-order valence-corrected chi connectivity index (χ1v) is 9.72. The number of halogens is 1. The van der Waals surface area contributed by atoms with Crippen LogP contribution in [0.5, 0.6) is 0 Å². The van der Waals surface area contributed by atoms with Gasteiger partial charge in [-0.1, -0.05) is 17.8 Å². The Morgan fingerprint density at radius 3 is 2.66 bits per heavy atom. The Balaban J connectivity index is 1.55. The summed E-state index contributed by atoms with van der Waals surface area (Å²) in [6.07, 6.45) is -0.230. The van der Waals surface area contributed by atoms with E-state index < -0.39 is 5.97 Å². The lowest BCUT2D eigenvalue weighted by Gasteiger charge is -2.09. The fourth-order valence-corrected chi connectivity index (χ4v) is 2.87. The Hall–Kier alpha value is -3.20. The molecule has 1 N–H and O–H groups in total. The van der Waals surface area contributed by atoms with Crippen LogP contribution in [0, 0.1) is 5.82 Å². The molecule has 7 nitrogen and oxygen atoms in total. The molecule has 0 saturated carbocycles. The maximum Gasteiger partial charge on any atom is 0.338 e. The molecule has 3 rings (SSSR count). The number of anilines is 1. The summed E-state index contributed by atoms with van der Waals surface area (Å²) in [6.45, 7) is 3.53. The first-order chi connectivity index (χ1) is 13.9. The number of benzene rings is 2. The summed E-state index contributed by atoms with van der Waals surface area (Å²) < 4.78 is 23.6. The third kappa shape index (κ3) is 5.89. The van der Waals surface area contributed by atoms with Crippen LogP contribution in [0.2, 0.25) is 0 Å². The first-order valence-electron chi connectivity index (χ1n) is 8.74. The zero-order chi connectivity index (χ0) is 20.8. The molecule has 0 aliphatic carbocycles. The zero-order valence-corrected chi connectivity index (χ0v) is 16.5. The number of esters is 1. The fourth-order valence-electron chi connectivity index (χ4n) is 2.31. The van der Waals surface area contributed by atoms with Gasteiger partial charge in [0.15, 0.2) is 0 Å². The minimum atomic E-state index is -0.454. The highest BCUT2D eigenvalue weighted by Crippen LogP contribution is 2.23. The van der Waals surface area contributed by atoms with Crippen molar-refractivity contribution in [1.82, 2.24) is 10.2 Å². The van der Waals surface area contributed by atoms with Crippen molar-refractivity contribution in [3.8, 4) is 11.5 Å². The van der Waals surface area contributed by atoms with Crippen LogP contribution in [0.15, 0.2) is 58.2 Å². The molecular formula is C20H18FN3O4S. The van der Waals surface area contributed by atoms with E-state index in [2.05, 4.69) is 15.5 Å². The number of nitrogens with zero attached hydrogens (tertiary/aromatic N) is 2. The summed E-state index contributed by atoms with van der Waals surface area (Å²) in [5.74, 6) is -0.841. The lowest BCUT2D eigenvalue weighted by atomic mass is 10.2. The Morgan fingerprint density at radius 1 is 1.17 bits per heavy atom. The molecule has 0 unspecified atom stereocenters. The molecule has 0 saturated heterocycles. The maximum absolute atomic E-state index is 13.0. The van der Waals surface area contributed by atoms with Gasteiger partial charge in [-0.15, -0.1) is 10.2 Å². The molecule has 0 bridgehead atoms. The van der Waals surface area contributed by atoms with Crippen LogP contribution in [0.1, 0.15) is 24.2 Å². The number of hydrogen-bond acceptors (Lipinski definition) is 7. The van der Waals surface area contributed by atoms with Crippen molar-refractivity contribution in [1.29, 1.82) is 0 Å². The van der Waals surface area contributed by atoms with E-state index in [4.69, 9.17) is 9.15 Å². The molecule has 3 aromatic rings. The van der Waals surface area contributed by atoms with Gasteiger partial charge in [-0.05, 0) is 56.3 Å². The molecule has 0 atom stereocenters.